The normalized spacial score (nSPS) is 19.6. The summed E-state index contributed by atoms with van der Waals surface area (Å²) in [5, 5.41) is 4.26. The Morgan fingerprint density at radius 3 is 2.40 bits per heavy atom. The minimum absolute atomic E-state index is 0.0419. The third-order valence-electron chi connectivity index (χ3n) is 8.12. The largest absolute Gasteiger partial charge is 0.457 e. The van der Waals surface area contributed by atoms with Crippen LogP contribution < -0.4 is 19.9 Å². The third-order valence-corrected chi connectivity index (χ3v) is 8.43. The Morgan fingerprint density at radius 1 is 0.925 bits per heavy atom. The van der Waals surface area contributed by atoms with Gasteiger partial charge in [0.15, 0.2) is 5.11 Å². The minimum Gasteiger partial charge on any atom is -0.457 e. The van der Waals surface area contributed by atoms with Crippen LogP contribution in [0.2, 0.25) is 0 Å². The number of fused-ring (bicyclic) bond motifs is 1. The molecule has 5 nitrogen and oxygen atoms in total. The summed E-state index contributed by atoms with van der Waals surface area (Å²) in [6.45, 7) is 8.75. The van der Waals surface area contributed by atoms with Crippen molar-refractivity contribution in [2.75, 3.05) is 16.8 Å². The van der Waals surface area contributed by atoms with E-state index in [9.17, 15) is 0 Å². The predicted octanol–water partition coefficient (Wildman–Crippen LogP) is 7.99. The average Bonchev–Trinajstić information content (AvgIpc) is 3.30. The Morgan fingerprint density at radius 2 is 1.68 bits per heavy atom. The third kappa shape index (κ3) is 4.62. The Bertz CT molecular complexity index is 1600. The molecule has 0 spiro atoms. The standard InChI is InChI=1S/C34H34N4OS/c1-22-10-6-7-12-30(22)39-26-16-14-25(15-17-26)38-32(31(36-33(38)40)28-11-8-9-19-35-28)24-13-18-29-27(20-24)23(2)21-34(3,4)37(29)5/h6-21,31-32H,1-5H3,(H,36,40)/t31-,32-/m1/s1. The summed E-state index contributed by atoms with van der Waals surface area (Å²) in [5.74, 6) is 1.64. The number of anilines is 2. The van der Waals surface area contributed by atoms with Crippen molar-refractivity contribution in [2.45, 2.75) is 45.3 Å². The molecule has 202 valence electrons. The van der Waals surface area contributed by atoms with Gasteiger partial charge in [0.25, 0.3) is 0 Å². The highest BCUT2D eigenvalue weighted by atomic mass is 32.1. The smallest absolute Gasteiger partial charge is 0.174 e. The number of aryl methyl sites for hydroxylation is 1. The van der Waals surface area contributed by atoms with Gasteiger partial charge in [0.2, 0.25) is 0 Å². The van der Waals surface area contributed by atoms with Crippen LogP contribution >= 0.6 is 12.2 Å². The van der Waals surface area contributed by atoms with E-state index in [2.05, 4.69) is 98.4 Å². The fourth-order valence-electron chi connectivity index (χ4n) is 5.81. The van der Waals surface area contributed by atoms with Crippen LogP contribution in [-0.4, -0.2) is 22.7 Å². The van der Waals surface area contributed by atoms with Crippen LogP contribution in [0.5, 0.6) is 11.5 Å². The maximum absolute atomic E-state index is 6.17. The lowest BCUT2D eigenvalue weighted by Crippen LogP contribution is -2.42. The molecule has 0 aliphatic carbocycles. The zero-order valence-electron chi connectivity index (χ0n) is 23.6. The molecule has 1 saturated heterocycles. The van der Waals surface area contributed by atoms with E-state index in [-0.39, 0.29) is 17.6 Å². The molecule has 2 aliphatic rings. The van der Waals surface area contributed by atoms with Crippen molar-refractivity contribution in [2.24, 2.45) is 0 Å². The molecule has 1 aromatic heterocycles. The number of thiocarbonyl (C=S) groups is 1. The Kier molecular flexibility index (Phi) is 6.59. The number of aromatic nitrogens is 1. The topological polar surface area (TPSA) is 40.6 Å². The minimum atomic E-state index is -0.100. The molecule has 0 amide bonds. The summed E-state index contributed by atoms with van der Waals surface area (Å²) in [7, 11) is 2.16. The first-order chi connectivity index (χ1) is 19.2. The van der Waals surface area contributed by atoms with E-state index in [1.54, 1.807) is 0 Å². The molecule has 0 bridgehead atoms. The SMILES string of the molecule is CC1=CC(C)(C)N(C)c2ccc([C@@H]3[C@@H](c4ccccn4)NC(=S)N3c3ccc(Oc4ccccc4C)cc3)cc21. The Balaban J connectivity index is 1.40. The number of pyridine rings is 1. The maximum Gasteiger partial charge on any atom is 0.174 e. The second kappa shape index (κ2) is 10.1. The van der Waals surface area contributed by atoms with Crippen molar-refractivity contribution < 1.29 is 4.74 Å². The number of nitrogens with zero attached hydrogens (tertiary/aromatic N) is 3. The van der Waals surface area contributed by atoms with Gasteiger partial charge >= 0.3 is 0 Å². The molecule has 4 aromatic rings. The molecule has 3 aromatic carbocycles. The number of nitrogens with one attached hydrogen (secondary N) is 1. The first-order valence-electron chi connectivity index (χ1n) is 13.6. The second-order valence-corrected chi connectivity index (χ2v) is 11.6. The summed E-state index contributed by atoms with van der Waals surface area (Å²) in [6, 6.07) is 28.9. The quantitative estimate of drug-likeness (QED) is 0.256. The molecule has 40 heavy (non-hydrogen) atoms. The van der Waals surface area contributed by atoms with Crippen molar-refractivity contribution in [1.82, 2.24) is 10.3 Å². The molecule has 3 heterocycles. The van der Waals surface area contributed by atoms with Gasteiger partial charge in [-0.05, 0) is 111 Å². The second-order valence-electron chi connectivity index (χ2n) is 11.2. The van der Waals surface area contributed by atoms with Gasteiger partial charge in [0.1, 0.15) is 11.5 Å². The molecule has 2 atom stereocenters. The van der Waals surface area contributed by atoms with Crippen molar-refractivity contribution in [3.8, 4) is 11.5 Å². The fourth-order valence-corrected chi connectivity index (χ4v) is 6.15. The molecular weight excluding hydrogens is 512 g/mol. The molecule has 6 rings (SSSR count). The average molecular weight is 547 g/mol. The van der Waals surface area contributed by atoms with Crippen molar-refractivity contribution in [3.63, 3.8) is 0 Å². The van der Waals surface area contributed by atoms with E-state index in [0.29, 0.717) is 5.11 Å². The Labute approximate surface area is 242 Å². The molecule has 0 unspecified atom stereocenters. The van der Waals surface area contributed by atoms with Gasteiger partial charge in [0, 0.05) is 30.2 Å². The molecule has 2 aliphatic heterocycles. The highest BCUT2D eigenvalue weighted by molar-refractivity contribution is 7.80. The number of ether oxygens (including phenoxy) is 1. The number of benzene rings is 3. The highest BCUT2D eigenvalue weighted by Crippen LogP contribution is 2.45. The number of hydrogen-bond donors (Lipinski definition) is 1. The summed E-state index contributed by atoms with van der Waals surface area (Å²) in [5.41, 5.74) is 7.97. The molecular formula is C34H34N4OS. The predicted molar refractivity (Wildman–Crippen MR) is 168 cm³/mol. The number of hydrogen-bond acceptors (Lipinski definition) is 4. The molecule has 1 fully saturated rings. The zero-order chi connectivity index (χ0) is 28.0. The van der Waals surface area contributed by atoms with Crippen molar-refractivity contribution in [1.29, 1.82) is 0 Å². The van der Waals surface area contributed by atoms with E-state index < -0.39 is 0 Å². The van der Waals surface area contributed by atoms with Crippen LogP contribution in [0.25, 0.3) is 5.57 Å². The number of rotatable bonds is 5. The summed E-state index contributed by atoms with van der Waals surface area (Å²) < 4.78 is 6.17. The van der Waals surface area contributed by atoms with Gasteiger partial charge in [-0.1, -0.05) is 36.4 Å². The van der Waals surface area contributed by atoms with Gasteiger partial charge < -0.3 is 19.9 Å². The van der Waals surface area contributed by atoms with E-state index in [1.807, 2.05) is 48.7 Å². The van der Waals surface area contributed by atoms with E-state index >= 15 is 0 Å². The van der Waals surface area contributed by atoms with Gasteiger partial charge in [-0.3, -0.25) is 4.98 Å². The van der Waals surface area contributed by atoms with E-state index in [4.69, 9.17) is 21.9 Å². The monoisotopic (exact) mass is 546 g/mol. The lowest BCUT2D eigenvalue weighted by Gasteiger charge is -2.41. The number of likely N-dealkylation sites (N-methyl/N-ethyl adjacent to an activating group) is 1. The van der Waals surface area contributed by atoms with Crippen LogP contribution in [0.3, 0.4) is 0 Å². The lowest BCUT2D eigenvalue weighted by molar-refractivity contribution is 0.479. The first-order valence-corrected chi connectivity index (χ1v) is 14.1. The van der Waals surface area contributed by atoms with Crippen LogP contribution in [0.1, 0.15) is 55.2 Å². The van der Waals surface area contributed by atoms with Gasteiger partial charge in [-0.2, -0.15) is 0 Å². The summed E-state index contributed by atoms with van der Waals surface area (Å²) in [4.78, 5) is 9.27. The number of allylic oxidation sites excluding steroid dienone is 1. The van der Waals surface area contributed by atoms with Gasteiger partial charge in [-0.15, -0.1) is 0 Å². The van der Waals surface area contributed by atoms with Crippen LogP contribution in [-0.2, 0) is 0 Å². The van der Waals surface area contributed by atoms with Crippen molar-refractivity contribution >= 4 is 34.3 Å². The van der Waals surface area contributed by atoms with Gasteiger partial charge in [0.05, 0.1) is 23.3 Å². The van der Waals surface area contributed by atoms with Crippen molar-refractivity contribution in [3.05, 3.63) is 120 Å². The summed E-state index contributed by atoms with van der Waals surface area (Å²) >= 11 is 5.96. The molecule has 0 radical (unpaired) electrons. The highest BCUT2D eigenvalue weighted by Gasteiger charge is 2.41. The van der Waals surface area contributed by atoms with Crippen LogP contribution in [0, 0.1) is 6.92 Å². The van der Waals surface area contributed by atoms with Crippen LogP contribution in [0.4, 0.5) is 11.4 Å². The summed E-state index contributed by atoms with van der Waals surface area (Å²) in [6.07, 6.45) is 4.19. The van der Waals surface area contributed by atoms with Crippen LogP contribution in [0.15, 0.2) is 97.2 Å². The maximum atomic E-state index is 6.17. The fraction of sp³-hybridized carbons (Fsp3) is 0.235. The van der Waals surface area contributed by atoms with E-state index in [0.717, 1.165) is 28.4 Å². The Hall–Kier alpha value is -4.16. The lowest BCUT2D eigenvalue weighted by atomic mass is 9.86. The molecule has 1 N–H and O–H groups in total. The number of para-hydroxylation sites is 1. The van der Waals surface area contributed by atoms with Gasteiger partial charge in [-0.25, -0.2) is 0 Å². The van der Waals surface area contributed by atoms with E-state index in [1.165, 1.54) is 22.4 Å². The zero-order valence-corrected chi connectivity index (χ0v) is 24.4. The molecule has 6 heteroatoms. The molecule has 0 saturated carbocycles. The first kappa shape index (κ1) is 26.1.